The van der Waals surface area contributed by atoms with Crippen LogP contribution >= 0.6 is 0 Å². The zero-order chi connectivity index (χ0) is 17.4. The van der Waals surface area contributed by atoms with Gasteiger partial charge in [-0.3, -0.25) is 9.59 Å². The van der Waals surface area contributed by atoms with E-state index in [0.29, 0.717) is 0 Å². The number of allylic oxidation sites excluding steroid dienone is 2. The first-order valence-electron chi connectivity index (χ1n) is 6.78. The highest BCUT2D eigenvalue weighted by molar-refractivity contribution is 6.19. The third kappa shape index (κ3) is 2.65. The predicted octanol–water partition coefficient (Wildman–Crippen LogP) is -0.209. The SMILES string of the molecule is O=C1C=CC2=C(C1)C(=O)OC2=O.O=C1C=CC2=C(C1)C(=O)OC2=O. The summed E-state index contributed by atoms with van der Waals surface area (Å²) in [5.41, 5.74) is 0.819. The van der Waals surface area contributed by atoms with Gasteiger partial charge in [-0.25, -0.2) is 19.2 Å². The van der Waals surface area contributed by atoms with E-state index in [-0.39, 0.29) is 46.7 Å². The van der Waals surface area contributed by atoms with Crippen molar-refractivity contribution in [3.8, 4) is 0 Å². The van der Waals surface area contributed by atoms with Crippen LogP contribution in [-0.4, -0.2) is 35.4 Å². The standard InChI is InChI=1S/2C8H4O4/c2*9-4-1-2-5-6(3-4)8(11)12-7(5)10/h2*1-2H,3H2. The van der Waals surface area contributed by atoms with Crippen LogP contribution in [0.4, 0.5) is 0 Å². The highest BCUT2D eigenvalue weighted by atomic mass is 16.6. The van der Waals surface area contributed by atoms with Crippen molar-refractivity contribution in [2.24, 2.45) is 0 Å². The first kappa shape index (κ1) is 15.5. The van der Waals surface area contributed by atoms with E-state index in [1.807, 2.05) is 0 Å². The average molecular weight is 328 g/mol. The zero-order valence-electron chi connectivity index (χ0n) is 12.0. The highest BCUT2D eigenvalue weighted by Gasteiger charge is 2.35. The van der Waals surface area contributed by atoms with Gasteiger partial charge in [-0.2, -0.15) is 0 Å². The molecule has 0 fully saturated rings. The molecule has 0 saturated carbocycles. The van der Waals surface area contributed by atoms with Gasteiger partial charge in [0.05, 0.1) is 22.3 Å². The number of rotatable bonds is 0. The summed E-state index contributed by atoms with van der Waals surface area (Å²) < 4.78 is 8.60. The quantitative estimate of drug-likeness (QED) is 0.442. The number of ether oxygens (including phenoxy) is 2. The molecule has 0 spiro atoms. The van der Waals surface area contributed by atoms with Crippen LogP contribution in [0.2, 0.25) is 0 Å². The molecule has 0 N–H and O–H groups in total. The minimum atomic E-state index is -0.687. The highest BCUT2D eigenvalue weighted by Crippen LogP contribution is 2.25. The number of hydrogen-bond acceptors (Lipinski definition) is 8. The van der Waals surface area contributed by atoms with Crippen LogP contribution in [0.25, 0.3) is 0 Å². The topological polar surface area (TPSA) is 121 Å². The molecule has 0 aromatic heterocycles. The van der Waals surface area contributed by atoms with Crippen molar-refractivity contribution in [1.82, 2.24) is 0 Å². The minimum absolute atomic E-state index is 0.0175. The van der Waals surface area contributed by atoms with Crippen LogP contribution in [-0.2, 0) is 38.2 Å². The smallest absolute Gasteiger partial charge is 0.346 e. The average Bonchev–Trinajstić information content (AvgIpc) is 2.96. The van der Waals surface area contributed by atoms with Crippen molar-refractivity contribution in [3.05, 3.63) is 46.6 Å². The molecule has 0 aromatic carbocycles. The Morgan fingerprint density at radius 2 is 0.917 bits per heavy atom. The molecule has 8 nitrogen and oxygen atoms in total. The normalized spacial score (nSPS) is 21.5. The second-order valence-corrected chi connectivity index (χ2v) is 5.09. The maximum Gasteiger partial charge on any atom is 0.346 e. The Kier molecular flexibility index (Phi) is 3.64. The molecule has 0 amide bonds. The van der Waals surface area contributed by atoms with Crippen molar-refractivity contribution < 1.29 is 38.2 Å². The van der Waals surface area contributed by atoms with E-state index in [1.54, 1.807) is 0 Å². The molecule has 0 aromatic rings. The van der Waals surface area contributed by atoms with E-state index in [1.165, 1.54) is 24.3 Å². The van der Waals surface area contributed by atoms with Crippen molar-refractivity contribution in [1.29, 1.82) is 0 Å². The van der Waals surface area contributed by atoms with Gasteiger partial charge in [-0.05, 0) is 24.3 Å². The monoisotopic (exact) mass is 328 g/mol. The molecule has 0 atom stereocenters. The largest absolute Gasteiger partial charge is 0.386 e. The molecule has 8 heteroatoms. The first-order valence-corrected chi connectivity index (χ1v) is 6.78. The second kappa shape index (κ2) is 5.65. The van der Waals surface area contributed by atoms with Crippen LogP contribution in [0, 0.1) is 0 Å². The summed E-state index contributed by atoms with van der Waals surface area (Å²) >= 11 is 0. The molecule has 0 saturated heterocycles. The molecule has 2 aliphatic heterocycles. The number of esters is 4. The maximum absolute atomic E-state index is 10.9. The second-order valence-electron chi connectivity index (χ2n) is 5.09. The fourth-order valence-electron chi connectivity index (χ4n) is 2.36. The molecule has 0 radical (unpaired) electrons. The molecule has 24 heavy (non-hydrogen) atoms. The summed E-state index contributed by atoms with van der Waals surface area (Å²) in [6.07, 6.45) is 5.17. The third-order valence-corrected chi connectivity index (χ3v) is 3.53. The van der Waals surface area contributed by atoms with E-state index in [4.69, 9.17) is 0 Å². The van der Waals surface area contributed by atoms with Gasteiger partial charge in [0.1, 0.15) is 0 Å². The number of ketones is 2. The number of cyclic esters (lactones) is 4. The van der Waals surface area contributed by atoms with Gasteiger partial charge < -0.3 is 9.47 Å². The fraction of sp³-hybridized carbons (Fsp3) is 0.125. The first-order chi connectivity index (χ1) is 11.4. The van der Waals surface area contributed by atoms with Gasteiger partial charge in [-0.1, -0.05) is 0 Å². The van der Waals surface area contributed by atoms with Gasteiger partial charge in [0.2, 0.25) is 0 Å². The van der Waals surface area contributed by atoms with E-state index in [9.17, 15) is 28.8 Å². The van der Waals surface area contributed by atoms with E-state index >= 15 is 0 Å². The molecule has 120 valence electrons. The maximum atomic E-state index is 10.9. The lowest BCUT2D eigenvalue weighted by molar-refractivity contribution is -0.152. The zero-order valence-corrected chi connectivity index (χ0v) is 12.0. The van der Waals surface area contributed by atoms with E-state index < -0.39 is 23.9 Å². The van der Waals surface area contributed by atoms with Gasteiger partial charge >= 0.3 is 23.9 Å². The van der Waals surface area contributed by atoms with Crippen LogP contribution in [0.3, 0.4) is 0 Å². The summed E-state index contributed by atoms with van der Waals surface area (Å²) in [4.78, 5) is 65.1. The Balaban J connectivity index is 0.000000141. The molecule has 0 bridgehead atoms. The van der Waals surface area contributed by atoms with Crippen molar-refractivity contribution in [2.75, 3.05) is 0 Å². The summed E-state index contributed by atoms with van der Waals surface area (Å²) in [7, 11) is 0. The van der Waals surface area contributed by atoms with Gasteiger partial charge in [0, 0.05) is 12.8 Å². The van der Waals surface area contributed by atoms with Gasteiger partial charge in [0.15, 0.2) is 11.6 Å². The molecule has 0 unspecified atom stereocenters. The Morgan fingerprint density at radius 3 is 1.29 bits per heavy atom. The molecule has 4 aliphatic rings. The fourth-order valence-corrected chi connectivity index (χ4v) is 2.36. The summed E-state index contributed by atoms with van der Waals surface area (Å²) in [5.74, 6) is -3.04. The van der Waals surface area contributed by atoms with Crippen molar-refractivity contribution in [3.63, 3.8) is 0 Å². The Morgan fingerprint density at radius 1 is 0.542 bits per heavy atom. The number of carbonyl (C=O) groups excluding carboxylic acids is 6. The van der Waals surface area contributed by atoms with Crippen LogP contribution in [0.15, 0.2) is 46.6 Å². The molecule has 4 rings (SSSR count). The number of hydrogen-bond donors (Lipinski definition) is 0. The Labute approximate surface area is 134 Å². The summed E-state index contributed by atoms with van der Waals surface area (Å²) in [5, 5.41) is 0. The van der Waals surface area contributed by atoms with E-state index in [0.717, 1.165) is 0 Å². The Bertz CT molecular complexity index is 791. The van der Waals surface area contributed by atoms with Crippen LogP contribution < -0.4 is 0 Å². The molecular weight excluding hydrogens is 320 g/mol. The van der Waals surface area contributed by atoms with Crippen LogP contribution in [0.5, 0.6) is 0 Å². The van der Waals surface area contributed by atoms with Crippen molar-refractivity contribution >= 4 is 35.4 Å². The Hall–Kier alpha value is -3.42. The molecular formula is C16H8O8. The summed E-state index contributed by atoms with van der Waals surface area (Å²) in [6, 6.07) is 0. The van der Waals surface area contributed by atoms with Gasteiger partial charge in [0.25, 0.3) is 0 Å². The molecule has 2 aliphatic carbocycles. The minimum Gasteiger partial charge on any atom is -0.386 e. The third-order valence-electron chi connectivity index (χ3n) is 3.53. The lowest BCUT2D eigenvalue weighted by atomic mass is 9.99. The van der Waals surface area contributed by atoms with Crippen LogP contribution in [0.1, 0.15) is 12.8 Å². The number of carbonyl (C=O) groups is 6. The molecule has 2 heterocycles. The summed E-state index contributed by atoms with van der Waals surface area (Å²) in [6.45, 7) is 0. The van der Waals surface area contributed by atoms with Gasteiger partial charge in [-0.15, -0.1) is 0 Å². The van der Waals surface area contributed by atoms with E-state index in [2.05, 4.69) is 9.47 Å². The lowest BCUT2D eigenvalue weighted by Crippen LogP contribution is -2.06. The lowest BCUT2D eigenvalue weighted by Gasteiger charge is -1.99. The van der Waals surface area contributed by atoms with Crippen molar-refractivity contribution in [2.45, 2.75) is 12.8 Å². The predicted molar refractivity (Wildman–Crippen MR) is 73.8 cm³/mol.